The predicted molar refractivity (Wildman–Crippen MR) is 99.7 cm³/mol. The van der Waals surface area contributed by atoms with Gasteiger partial charge in [-0.15, -0.1) is 0 Å². The first-order valence-corrected chi connectivity index (χ1v) is 9.25. The van der Waals surface area contributed by atoms with Gasteiger partial charge in [-0.25, -0.2) is 0 Å². The van der Waals surface area contributed by atoms with Gasteiger partial charge in [-0.2, -0.15) is 0 Å². The molecule has 1 aromatic carbocycles. The number of anilines is 2. The van der Waals surface area contributed by atoms with Crippen molar-refractivity contribution in [2.24, 2.45) is 0 Å². The highest BCUT2D eigenvalue weighted by molar-refractivity contribution is 6.05. The Hall–Kier alpha value is -2.76. The molecule has 136 valence electrons. The van der Waals surface area contributed by atoms with Crippen LogP contribution in [0, 0.1) is 0 Å². The van der Waals surface area contributed by atoms with Crippen molar-refractivity contribution in [2.75, 3.05) is 23.3 Å². The van der Waals surface area contributed by atoms with Gasteiger partial charge in [0.2, 0.25) is 0 Å². The highest BCUT2D eigenvalue weighted by Crippen LogP contribution is 2.29. The number of nitrogens with one attached hydrogen (secondary N) is 2. The third-order valence-corrected chi connectivity index (χ3v) is 4.85. The van der Waals surface area contributed by atoms with E-state index in [1.165, 1.54) is 12.7 Å². The van der Waals surface area contributed by atoms with E-state index < -0.39 is 0 Å². The van der Waals surface area contributed by atoms with Gasteiger partial charge in [-0.05, 0) is 62.4 Å². The molecule has 0 radical (unpaired) electrons. The summed E-state index contributed by atoms with van der Waals surface area (Å²) < 4.78 is 5.13. The van der Waals surface area contributed by atoms with Crippen molar-refractivity contribution in [3.8, 4) is 0 Å². The zero-order valence-electron chi connectivity index (χ0n) is 14.7. The molecule has 0 bridgehead atoms. The molecule has 26 heavy (non-hydrogen) atoms. The molecular weight excluding hydrogens is 330 g/mol. The Morgan fingerprint density at radius 2 is 1.85 bits per heavy atom. The smallest absolute Gasteiger partial charge is 0.291 e. The molecule has 1 saturated carbocycles. The first-order valence-electron chi connectivity index (χ1n) is 9.25. The van der Waals surface area contributed by atoms with Crippen molar-refractivity contribution in [1.29, 1.82) is 0 Å². The van der Waals surface area contributed by atoms with Crippen LogP contribution in [0.1, 0.15) is 53.0 Å². The molecule has 2 heterocycles. The Morgan fingerprint density at radius 3 is 2.54 bits per heavy atom. The number of carbonyl (C=O) groups excluding carboxylic acids is 2. The zero-order valence-corrected chi connectivity index (χ0v) is 14.7. The van der Waals surface area contributed by atoms with Crippen molar-refractivity contribution in [3.63, 3.8) is 0 Å². The van der Waals surface area contributed by atoms with E-state index in [0.717, 1.165) is 44.5 Å². The third-order valence-electron chi connectivity index (χ3n) is 4.85. The minimum atomic E-state index is -0.325. The van der Waals surface area contributed by atoms with Crippen molar-refractivity contribution >= 4 is 23.2 Å². The van der Waals surface area contributed by atoms with Gasteiger partial charge in [0.25, 0.3) is 11.8 Å². The van der Waals surface area contributed by atoms with Gasteiger partial charge in [-0.1, -0.05) is 0 Å². The number of hydrogen-bond donors (Lipinski definition) is 2. The van der Waals surface area contributed by atoms with Gasteiger partial charge in [-0.3, -0.25) is 9.59 Å². The molecule has 2 N–H and O–H groups in total. The number of benzene rings is 1. The summed E-state index contributed by atoms with van der Waals surface area (Å²) >= 11 is 0. The van der Waals surface area contributed by atoms with Crippen LogP contribution >= 0.6 is 0 Å². The fourth-order valence-corrected chi connectivity index (χ4v) is 3.30. The van der Waals surface area contributed by atoms with E-state index in [-0.39, 0.29) is 23.6 Å². The number of piperidine rings is 1. The summed E-state index contributed by atoms with van der Waals surface area (Å²) in [5.41, 5.74) is 2.16. The van der Waals surface area contributed by atoms with E-state index >= 15 is 0 Å². The van der Waals surface area contributed by atoms with Crippen molar-refractivity contribution in [1.82, 2.24) is 5.32 Å². The summed E-state index contributed by atoms with van der Waals surface area (Å²) in [4.78, 5) is 27.2. The van der Waals surface area contributed by atoms with Crippen LogP contribution in [0.25, 0.3) is 0 Å². The largest absolute Gasteiger partial charge is 0.459 e. The molecular formula is C20H23N3O3. The molecule has 6 heteroatoms. The lowest BCUT2D eigenvalue weighted by atomic mass is 10.1. The van der Waals surface area contributed by atoms with Gasteiger partial charge in [0.1, 0.15) is 0 Å². The molecule has 4 rings (SSSR count). The second kappa shape index (κ2) is 7.23. The number of amides is 2. The topological polar surface area (TPSA) is 74.6 Å². The molecule has 1 aliphatic carbocycles. The Balaban J connectivity index is 1.59. The quantitative estimate of drug-likeness (QED) is 0.864. The number of carbonyl (C=O) groups is 2. The molecule has 1 aliphatic heterocycles. The second-order valence-electron chi connectivity index (χ2n) is 6.96. The Labute approximate surface area is 152 Å². The van der Waals surface area contributed by atoms with E-state index in [4.69, 9.17) is 4.42 Å². The minimum absolute atomic E-state index is 0.0674. The molecule has 0 atom stereocenters. The van der Waals surface area contributed by atoms with E-state index in [1.807, 2.05) is 12.1 Å². The maximum absolute atomic E-state index is 12.8. The van der Waals surface area contributed by atoms with Crippen LogP contribution in [0.15, 0.2) is 41.0 Å². The van der Waals surface area contributed by atoms with E-state index in [9.17, 15) is 9.59 Å². The second-order valence-corrected chi connectivity index (χ2v) is 6.96. The van der Waals surface area contributed by atoms with E-state index in [2.05, 4.69) is 15.5 Å². The average Bonchev–Trinajstić information content (AvgIpc) is 3.30. The van der Waals surface area contributed by atoms with Gasteiger partial charge in [0.15, 0.2) is 5.76 Å². The standard InChI is InChI=1S/C20H23N3O3/c24-19(21-14-6-7-14)16-13-15(22-20(25)18-5-4-12-26-18)8-9-17(16)23-10-2-1-3-11-23/h4-5,8-9,12-14H,1-3,6-7,10-11H2,(H,21,24)(H,22,25). The fraction of sp³-hybridized carbons (Fsp3) is 0.400. The highest BCUT2D eigenvalue weighted by Gasteiger charge is 2.26. The van der Waals surface area contributed by atoms with Crippen LogP contribution in [-0.4, -0.2) is 30.9 Å². The summed E-state index contributed by atoms with van der Waals surface area (Å²) in [6.45, 7) is 1.92. The number of furan rings is 1. The maximum atomic E-state index is 12.8. The van der Waals surface area contributed by atoms with Gasteiger partial charge < -0.3 is 20.0 Å². The first kappa shape index (κ1) is 16.7. The van der Waals surface area contributed by atoms with Crippen molar-refractivity contribution < 1.29 is 14.0 Å². The summed E-state index contributed by atoms with van der Waals surface area (Å²) in [7, 11) is 0. The average molecular weight is 353 g/mol. The maximum Gasteiger partial charge on any atom is 0.291 e. The van der Waals surface area contributed by atoms with Gasteiger partial charge in [0, 0.05) is 30.5 Å². The van der Waals surface area contributed by atoms with Crippen LogP contribution in [0.4, 0.5) is 11.4 Å². The number of hydrogen-bond acceptors (Lipinski definition) is 4. The Bertz CT molecular complexity index is 791. The predicted octanol–water partition coefficient (Wildman–Crippen LogP) is 3.41. The van der Waals surface area contributed by atoms with Crippen LogP contribution in [0.3, 0.4) is 0 Å². The van der Waals surface area contributed by atoms with E-state index in [1.54, 1.807) is 18.2 Å². The van der Waals surface area contributed by atoms with Crippen LogP contribution < -0.4 is 15.5 Å². The first-order chi connectivity index (χ1) is 12.7. The molecule has 0 unspecified atom stereocenters. The molecule has 2 aliphatic rings. The summed E-state index contributed by atoms with van der Waals surface area (Å²) in [5.74, 6) is -0.148. The van der Waals surface area contributed by atoms with E-state index in [0.29, 0.717) is 11.3 Å². The van der Waals surface area contributed by atoms with Gasteiger partial charge >= 0.3 is 0 Å². The lowest BCUT2D eigenvalue weighted by Gasteiger charge is -2.30. The zero-order chi connectivity index (χ0) is 17.9. The summed E-state index contributed by atoms with van der Waals surface area (Å²) in [6, 6.07) is 9.12. The number of rotatable bonds is 5. The Kier molecular flexibility index (Phi) is 4.65. The van der Waals surface area contributed by atoms with Crippen molar-refractivity contribution in [2.45, 2.75) is 38.1 Å². The molecule has 6 nitrogen and oxygen atoms in total. The van der Waals surface area contributed by atoms with Crippen LogP contribution in [0.2, 0.25) is 0 Å². The monoisotopic (exact) mass is 353 g/mol. The lowest BCUT2D eigenvalue weighted by molar-refractivity contribution is 0.0949. The molecule has 2 fully saturated rings. The lowest BCUT2D eigenvalue weighted by Crippen LogP contribution is -2.33. The minimum Gasteiger partial charge on any atom is -0.459 e. The summed E-state index contributed by atoms with van der Waals surface area (Å²) in [6.07, 6.45) is 7.06. The molecule has 0 spiro atoms. The van der Waals surface area contributed by atoms with Crippen molar-refractivity contribution in [3.05, 3.63) is 47.9 Å². The summed E-state index contributed by atoms with van der Waals surface area (Å²) in [5, 5.41) is 5.87. The fourth-order valence-electron chi connectivity index (χ4n) is 3.30. The molecule has 2 amide bonds. The van der Waals surface area contributed by atoms with Crippen LogP contribution in [-0.2, 0) is 0 Å². The molecule has 2 aromatic rings. The number of nitrogens with zero attached hydrogens (tertiary/aromatic N) is 1. The molecule has 1 aromatic heterocycles. The molecule has 1 saturated heterocycles. The Morgan fingerprint density at radius 1 is 1.04 bits per heavy atom. The van der Waals surface area contributed by atoms with Crippen LogP contribution in [0.5, 0.6) is 0 Å². The SMILES string of the molecule is O=C(Nc1ccc(N2CCCCC2)c(C(=O)NC2CC2)c1)c1ccco1. The third kappa shape index (κ3) is 3.74. The van der Waals surface area contributed by atoms with Gasteiger partial charge in [0.05, 0.1) is 11.8 Å². The highest BCUT2D eigenvalue weighted by atomic mass is 16.3. The normalized spacial score (nSPS) is 17.0.